The molecule has 0 unspecified atom stereocenters. The van der Waals surface area contributed by atoms with Crippen LogP contribution in [-0.2, 0) is 125 Å². The van der Waals surface area contributed by atoms with E-state index in [-0.39, 0.29) is 116 Å². The van der Waals surface area contributed by atoms with Crippen molar-refractivity contribution < 1.29 is 187 Å². The third-order valence-electron chi connectivity index (χ3n) is 0. The van der Waals surface area contributed by atoms with Crippen LogP contribution in [0.25, 0.3) is 0 Å². The Balaban J connectivity index is -0.0000000150. The third-order valence-corrected chi connectivity index (χ3v) is 0. The van der Waals surface area contributed by atoms with E-state index < -0.39 is 74.0 Å². The topological polar surface area (TPSA) is 368 Å². The molecule has 0 saturated heterocycles. The van der Waals surface area contributed by atoms with E-state index >= 15 is 0 Å². The van der Waals surface area contributed by atoms with E-state index in [1.165, 1.54) is 0 Å². The van der Waals surface area contributed by atoms with E-state index in [1.807, 2.05) is 0 Å². The van der Waals surface area contributed by atoms with E-state index in [4.69, 9.17) is 19.8 Å². The van der Waals surface area contributed by atoms with Gasteiger partial charge in [-0.05, 0) is 0 Å². The molecule has 0 amide bonds. The van der Waals surface area contributed by atoms with Crippen molar-refractivity contribution in [1.29, 1.82) is 0 Å². The Morgan fingerprint density at radius 2 is 0.250 bits per heavy atom. The molecular weight excluding hydrogens is 1010 g/mol. The van der Waals surface area contributed by atoms with Gasteiger partial charge in [0.05, 0.1) is 0 Å². The first kappa shape index (κ1) is 117. The second kappa shape index (κ2) is 124. The minimum atomic E-state index is -0.500. The van der Waals surface area contributed by atoms with E-state index in [9.17, 15) is 51.1 Å². The summed E-state index contributed by atoms with van der Waals surface area (Å²) in [5.74, 6) is 0. The Hall–Kier alpha value is 1.99. The maximum Gasteiger partial charge on any atom is 4.00 e. The van der Waals surface area contributed by atoms with Gasteiger partial charge in [0.1, 0.15) is 0 Å². The molecule has 0 aromatic rings. The molecule has 0 aliphatic heterocycles. The van der Waals surface area contributed by atoms with Crippen molar-refractivity contribution >= 4 is 12.9 Å². The van der Waals surface area contributed by atoms with Gasteiger partial charge in [-0.1, -0.05) is 138 Å². The molecule has 0 aliphatic carbocycles. The molecule has 312 valence electrons. The maximum absolute atomic E-state index is 9.53. The standard InChI is InChI=1S/10C3H7O.2CH2O2.2O.4Zr/c10*1-3(2)4;2*2-1-3;;;;;;/h10*3H,1-2H3;2*1H,(H,2,3);;;;;;/q10*-1;;;2*-2;4*+4/p-2. The molecule has 0 spiro atoms. The molecule has 16 nitrogen and oxygen atoms in total. The number of hydrogen-bond donors (Lipinski definition) is 0. The van der Waals surface area contributed by atoms with Gasteiger partial charge in [-0.25, -0.2) is 0 Å². The first-order valence-electron chi connectivity index (χ1n) is 14.8. The molecule has 0 aliphatic rings. The fourth-order valence-electron chi connectivity index (χ4n) is 0. The van der Waals surface area contributed by atoms with Gasteiger partial charge in [-0.15, -0.1) is 61.0 Å². The van der Waals surface area contributed by atoms with Crippen LogP contribution in [0.1, 0.15) is 138 Å². The fourth-order valence-corrected chi connectivity index (χ4v) is 0. The Morgan fingerprint density at radius 1 is 0.250 bits per heavy atom. The summed E-state index contributed by atoms with van der Waals surface area (Å²) in [6.45, 7) is 31.2. The number of carbonyl (C=O) groups is 2. The monoisotopic (exact) mass is 1070 g/mol. The van der Waals surface area contributed by atoms with E-state index in [2.05, 4.69) is 0 Å². The summed E-state index contributed by atoms with van der Waals surface area (Å²) in [4.78, 5) is 16.5. The number of carbonyl (C=O) groups excluding carboxylic acids is 2. The summed E-state index contributed by atoms with van der Waals surface area (Å²) in [5, 5.41) is 112. The Morgan fingerprint density at radius 3 is 0.250 bits per heavy atom. The normalized spacial score (nSPS) is 7.38. The summed E-state index contributed by atoms with van der Waals surface area (Å²) in [6, 6.07) is 0. The Kier molecular flexibility index (Phi) is 279. The molecule has 0 rings (SSSR count). The number of rotatable bonds is 0. The van der Waals surface area contributed by atoms with E-state index in [0.29, 0.717) is 0 Å². The van der Waals surface area contributed by atoms with Crippen LogP contribution in [0.2, 0.25) is 0 Å². The molecular formula is C32H72O16Zr4. The first-order valence-corrected chi connectivity index (χ1v) is 14.8. The summed E-state index contributed by atoms with van der Waals surface area (Å²) in [7, 11) is 0. The quantitative estimate of drug-likeness (QED) is 0.204. The molecule has 20 heteroatoms. The van der Waals surface area contributed by atoms with E-state index in [1.54, 1.807) is 138 Å². The zero-order valence-electron chi connectivity index (χ0n) is 35.5. The minimum absolute atomic E-state index is 0. The van der Waals surface area contributed by atoms with Gasteiger partial charge in [0, 0.05) is 12.9 Å². The van der Waals surface area contributed by atoms with Crippen molar-refractivity contribution in [2.45, 2.75) is 200 Å². The SMILES string of the molecule is CC(C)[O-].CC(C)[O-].CC(C)[O-].CC(C)[O-].CC(C)[O-].CC(C)[O-].CC(C)[O-].CC(C)[O-].CC(C)[O-].CC(C)[O-].O=C[O-].O=C[O-].[O-2].[O-2].[Zr+4].[Zr+4].[Zr+4].[Zr+4]. The van der Waals surface area contributed by atoms with Crippen LogP contribution in [0.4, 0.5) is 0 Å². The van der Waals surface area contributed by atoms with Crippen molar-refractivity contribution in [3.05, 3.63) is 0 Å². The smallest absolute Gasteiger partial charge is 2.00 e. The summed E-state index contributed by atoms with van der Waals surface area (Å²) in [5.41, 5.74) is 0. The second-order valence-corrected chi connectivity index (χ2v) is 10.7. The summed E-state index contributed by atoms with van der Waals surface area (Å²) < 4.78 is 0. The van der Waals surface area contributed by atoms with Crippen LogP contribution in [0.3, 0.4) is 0 Å². The fraction of sp³-hybridized carbons (Fsp3) is 0.938. The van der Waals surface area contributed by atoms with Crippen molar-refractivity contribution in [2.24, 2.45) is 0 Å². The number of carboxylic acid groups (broad SMARTS) is 2. The Labute approximate surface area is 395 Å². The summed E-state index contributed by atoms with van der Waals surface area (Å²) >= 11 is 0. The van der Waals surface area contributed by atoms with Gasteiger partial charge in [-0.2, -0.15) is 0 Å². The van der Waals surface area contributed by atoms with Crippen molar-refractivity contribution in [3.63, 3.8) is 0 Å². The summed E-state index contributed by atoms with van der Waals surface area (Å²) in [6.07, 6.45) is -4.17. The molecule has 0 fully saturated rings. The van der Waals surface area contributed by atoms with Gasteiger partial charge in [-0.3, -0.25) is 0 Å². The van der Waals surface area contributed by atoms with Crippen LogP contribution in [0.5, 0.6) is 0 Å². The average molecular weight is 1080 g/mol. The molecule has 0 heterocycles. The van der Waals surface area contributed by atoms with Crippen LogP contribution < -0.4 is 61.3 Å². The van der Waals surface area contributed by atoms with Crippen LogP contribution in [0, 0.1) is 0 Å². The second-order valence-electron chi connectivity index (χ2n) is 10.7. The minimum Gasteiger partial charge on any atom is -2.00 e. The van der Waals surface area contributed by atoms with Crippen molar-refractivity contribution in [3.8, 4) is 0 Å². The number of hydrogen-bond acceptors (Lipinski definition) is 14. The van der Waals surface area contributed by atoms with Gasteiger partial charge >= 0.3 is 105 Å². The van der Waals surface area contributed by atoms with E-state index in [0.717, 1.165) is 0 Å². The molecule has 0 radical (unpaired) electrons. The molecule has 0 N–H and O–H groups in total. The maximum atomic E-state index is 9.53. The van der Waals surface area contributed by atoms with Gasteiger partial charge in [0.25, 0.3) is 0 Å². The predicted molar refractivity (Wildman–Crippen MR) is 165 cm³/mol. The first-order chi connectivity index (χ1) is 20.1. The molecule has 52 heavy (non-hydrogen) atoms. The molecule has 0 aromatic carbocycles. The van der Waals surface area contributed by atoms with Gasteiger partial charge in [0.2, 0.25) is 0 Å². The van der Waals surface area contributed by atoms with Gasteiger partial charge in [0.15, 0.2) is 0 Å². The zero-order valence-corrected chi connectivity index (χ0v) is 45.3. The average Bonchev–Trinajstić information content (AvgIpc) is 2.64. The third kappa shape index (κ3) is 34100. The van der Waals surface area contributed by atoms with Crippen molar-refractivity contribution in [1.82, 2.24) is 0 Å². The van der Waals surface area contributed by atoms with Crippen LogP contribution in [0.15, 0.2) is 0 Å². The molecule has 0 bridgehead atoms. The molecule has 0 saturated carbocycles. The Bertz CT molecular complexity index is 279. The van der Waals surface area contributed by atoms with Crippen LogP contribution in [-0.4, -0.2) is 74.0 Å². The predicted octanol–water partition coefficient (Wildman–Crippen LogP) is -5.96. The molecule has 0 atom stereocenters. The molecule has 0 aromatic heterocycles. The zero-order chi connectivity index (χ0) is 41.2. The largest absolute Gasteiger partial charge is 4.00 e. The van der Waals surface area contributed by atoms with Crippen molar-refractivity contribution in [2.75, 3.05) is 0 Å². The van der Waals surface area contributed by atoms with Crippen LogP contribution >= 0.6 is 0 Å². The van der Waals surface area contributed by atoms with Gasteiger partial charge < -0.3 is 81.8 Å².